The summed E-state index contributed by atoms with van der Waals surface area (Å²) in [5.41, 5.74) is 0. The molecular formula is C29H63NO4PS+. The summed E-state index contributed by atoms with van der Waals surface area (Å²) < 4.78 is 23.3. The van der Waals surface area contributed by atoms with Gasteiger partial charge in [0.15, 0.2) is 0 Å². The van der Waals surface area contributed by atoms with Gasteiger partial charge in [0.1, 0.15) is 13.2 Å². The summed E-state index contributed by atoms with van der Waals surface area (Å²) in [4.78, 5) is 9.97. The molecule has 0 saturated heterocycles. The monoisotopic (exact) mass is 552 g/mol. The Labute approximate surface area is 230 Å². The van der Waals surface area contributed by atoms with Crippen molar-refractivity contribution in [2.75, 3.05) is 52.4 Å². The second kappa shape index (κ2) is 23.3. The molecule has 1 N–H and O–H groups in total. The van der Waals surface area contributed by atoms with Gasteiger partial charge in [-0.1, -0.05) is 117 Å². The number of nitrogens with zero attached hydrogens (tertiary/aromatic N) is 1. The summed E-state index contributed by atoms with van der Waals surface area (Å²) in [7, 11) is 2.11. The largest absolute Gasteiger partial charge is 0.472 e. The molecule has 0 radical (unpaired) electrons. The molecule has 0 aromatic carbocycles. The predicted octanol–water partition coefficient (Wildman–Crippen LogP) is 9.09. The third-order valence-corrected chi connectivity index (χ3v) is 9.11. The number of quaternary nitrogens is 1. The highest BCUT2D eigenvalue weighted by Gasteiger charge is 2.25. The standard InChI is InChI=1S/C29H62NO4PS/c1-7-8-9-10-11-12-13-14-15-16-17-18-19-20-21-22-25-36-27-29(28(2)3)26-34-35(31,32)33-24-23-30(4,5)6/h28-29H,7-27H2,1-6H3/p+1. The molecule has 0 heterocycles. The van der Waals surface area contributed by atoms with E-state index in [4.69, 9.17) is 9.05 Å². The summed E-state index contributed by atoms with van der Waals surface area (Å²) >= 11 is 1.95. The normalized spacial score (nSPS) is 14.9. The zero-order valence-electron chi connectivity index (χ0n) is 25.0. The number of unbranched alkanes of at least 4 members (excludes halogenated alkanes) is 15. The molecule has 0 saturated carbocycles. The zero-order chi connectivity index (χ0) is 27.1. The van der Waals surface area contributed by atoms with E-state index in [-0.39, 0.29) is 19.1 Å². The minimum atomic E-state index is -3.97. The highest BCUT2D eigenvalue weighted by molar-refractivity contribution is 7.99. The van der Waals surface area contributed by atoms with Crippen LogP contribution in [-0.4, -0.2) is 61.8 Å². The molecule has 5 nitrogen and oxygen atoms in total. The van der Waals surface area contributed by atoms with Crippen molar-refractivity contribution in [3.63, 3.8) is 0 Å². The Bertz CT molecular complexity index is 528. The van der Waals surface area contributed by atoms with Crippen molar-refractivity contribution < 1.29 is 23.0 Å². The fraction of sp³-hybridized carbons (Fsp3) is 1.00. The number of phosphoric acid groups is 1. The van der Waals surface area contributed by atoms with E-state index in [1.54, 1.807) is 0 Å². The van der Waals surface area contributed by atoms with E-state index in [0.29, 0.717) is 16.9 Å². The van der Waals surface area contributed by atoms with Crippen LogP contribution in [-0.2, 0) is 13.6 Å². The number of hydrogen-bond donors (Lipinski definition) is 1. The smallest absolute Gasteiger partial charge is 0.329 e. The summed E-state index contributed by atoms with van der Waals surface area (Å²) in [6.45, 7) is 7.76. The van der Waals surface area contributed by atoms with Crippen molar-refractivity contribution in [2.24, 2.45) is 11.8 Å². The molecule has 36 heavy (non-hydrogen) atoms. The van der Waals surface area contributed by atoms with Gasteiger partial charge in [0.25, 0.3) is 0 Å². The highest BCUT2D eigenvalue weighted by Crippen LogP contribution is 2.44. The van der Waals surface area contributed by atoms with Crippen molar-refractivity contribution in [1.29, 1.82) is 0 Å². The first kappa shape index (κ1) is 36.4. The van der Waals surface area contributed by atoms with Gasteiger partial charge in [-0.25, -0.2) is 4.57 Å². The van der Waals surface area contributed by atoms with Gasteiger partial charge in [0.2, 0.25) is 0 Å². The predicted molar refractivity (Wildman–Crippen MR) is 160 cm³/mol. The van der Waals surface area contributed by atoms with Crippen LogP contribution < -0.4 is 0 Å². The average molecular weight is 553 g/mol. The number of thioether (sulfide) groups is 1. The molecule has 2 atom stereocenters. The summed E-state index contributed by atoms with van der Waals surface area (Å²) in [6.07, 6.45) is 22.4. The molecular weight excluding hydrogens is 489 g/mol. The molecule has 218 valence electrons. The van der Waals surface area contributed by atoms with E-state index < -0.39 is 7.82 Å². The van der Waals surface area contributed by atoms with E-state index in [9.17, 15) is 9.46 Å². The molecule has 0 bridgehead atoms. The summed E-state index contributed by atoms with van der Waals surface area (Å²) in [5.74, 6) is 2.81. The molecule has 2 unspecified atom stereocenters. The minimum absolute atomic E-state index is 0.220. The lowest BCUT2D eigenvalue weighted by Crippen LogP contribution is -2.37. The summed E-state index contributed by atoms with van der Waals surface area (Å²) in [6, 6.07) is 0. The molecule has 0 spiro atoms. The topological polar surface area (TPSA) is 55.8 Å². The van der Waals surface area contributed by atoms with Crippen molar-refractivity contribution in [3.8, 4) is 0 Å². The Morgan fingerprint density at radius 2 is 1.19 bits per heavy atom. The second-order valence-electron chi connectivity index (χ2n) is 12.0. The lowest BCUT2D eigenvalue weighted by molar-refractivity contribution is -0.870. The second-order valence-corrected chi connectivity index (χ2v) is 14.6. The quantitative estimate of drug-likeness (QED) is 0.0625. The van der Waals surface area contributed by atoms with Gasteiger partial charge in [0.05, 0.1) is 27.7 Å². The van der Waals surface area contributed by atoms with E-state index in [0.717, 1.165) is 5.75 Å². The Morgan fingerprint density at radius 3 is 1.61 bits per heavy atom. The van der Waals surface area contributed by atoms with Gasteiger partial charge in [-0.15, -0.1) is 0 Å². The van der Waals surface area contributed by atoms with Crippen LogP contribution in [0.5, 0.6) is 0 Å². The lowest BCUT2D eigenvalue weighted by atomic mass is 9.99. The van der Waals surface area contributed by atoms with Crippen LogP contribution in [0.2, 0.25) is 0 Å². The van der Waals surface area contributed by atoms with Gasteiger partial charge in [-0.3, -0.25) is 9.05 Å². The Morgan fingerprint density at radius 1 is 0.750 bits per heavy atom. The fourth-order valence-corrected chi connectivity index (χ4v) is 6.20. The van der Waals surface area contributed by atoms with Crippen LogP contribution in [0.4, 0.5) is 0 Å². The molecule has 0 aromatic rings. The zero-order valence-corrected chi connectivity index (χ0v) is 26.7. The van der Waals surface area contributed by atoms with E-state index >= 15 is 0 Å². The van der Waals surface area contributed by atoms with Gasteiger partial charge in [0, 0.05) is 0 Å². The van der Waals surface area contributed by atoms with Gasteiger partial charge < -0.3 is 9.38 Å². The first-order chi connectivity index (χ1) is 17.1. The van der Waals surface area contributed by atoms with Crippen molar-refractivity contribution >= 4 is 19.6 Å². The number of hydrogen-bond acceptors (Lipinski definition) is 4. The highest BCUT2D eigenvalue weighted by atomic mass is 32.2. The van der Waals surface area contributed by atoms with E-state index in [1.807, 2.05) is 32.9 Å². The minimum Gasteiger partial charge on any atom is -0.329 e. The first-order valence-electron chi connectivity index (χ1n) is 15.1. The molecule has 0 aliphatic heterocycles. The third-order valence-electron chi connectivity index (χ3n) is 6.89. The number of rotatable bonds is 27. The maximum Gasteiger partial charge on any atom is 0.472 e. The van der Waals surface area contributed by atoms with Crippen LogP contribution >= 0.6 is 19.6 Å². The lowest BCUT2D eigenvalue weighted by Gasteiger charge is -2.25. The first-order valence-corrected chi connectivity index (χ1v) is 17.7. The van der Waals surface area contributed by atoms with Crippen molar-refractivity contribution in [1.82, 2.24) is 0 Å². The average Bonchev–Trinajstić information content (AvgIpc) is 2.78. The van der Waals surface area contributed by atoms with Crippen molar-refractivity contribution in [3.05, 3.63) is 0 Å². The van der Waals surface area contributed by atoms with Gasteiger partial charge in [-0.2, -0.15) is 11.8 Å². The molecule has 0 amide bonds. The number of likely N-dealkylation sites (N-methyl/N-ethyl adjacent to an activating group) is 1. The maximum atomic E-state index is 12.2. The molecule has 0 fully saturated rings. The molecule has 0 aliphatic carbocycles. The Balaban J connectivity index is 3.61. The molecule has 0 aliphatic rings. The summed E-state index contributed by atoms with van der Waals surface area (Å²) in [5, 5.41) is 0. The van der Waals surface area contributed by atoms with Crippen molar-refractivity contribution in [2.45, 2.75) is 124 Å². The Hall–Kier alpha value is 0.420. The van der Waals surface area contributed by atoms with Crippen LogP contribution in [0.3, 0.4) is 0 Å². The van der Waals surface area contributed by atoms with Gasteiger partial charge >= 0.3 is 7.82 Å². The molecule has 0 rings (SSSR count). The van der Waals surface area contributed by atoms with Gasteiger partial charge in [-0.05, 0) is 29.8 Å². The maximum absolute atomic E-state index is 12.2. The van der Waals surface area contributed by atoms with E-state index in [2.05, 4.69) is 20.8 Å². The van der Waals surface area contributed by atoms with Crippen LogP contribution in [0.25, 0.3) is 0 Å². The van der Waals surface area contributed by atoms with E-state index in [1.165, 1.54) is 108 Å². The number of phosphoric ester groups is 1. The van der Waals surface area contributed by atoms with Crippen LogP contribution in [0.1, 0.15) is 124 Å². The van der Waals surface area contributed by atoms with Crippen LogP contribution in [0, 0.1) is 11.8 Å². The Kier molecular flexibility index (Phi) is 23.6. The molecule has 0 aromatic heterocycles. The van der Waals surface area contributed by atoms with Crippen LogP contribution in [0.15, 0.2) is 0 Å². The third kappa shape index (κ3) is 26.0. The fourth-order valence-electron chi connectivity index (χ4n) is 4.08. The molecule has 7 heteroatoms. The SMILES string of the molecule is CCCCCCCCCCCCCCCCCCSCC(COP(=O)(O)OCC[N+](C)(C)C)C(C)C.